The maximum atomic E-state index is 8.81. The Hall–Kier alpha value is -0.830. The van der Waals surface area contributed by atoms with Crippen LogP contribution in [0.1, 0.15) is 5.48 Å². The summed E-state index contributed by atoms with van der Waals surface area (Å²) in [6.07, 6.45) is 2.55. The van der Waals surface area contributed by atoms with Crippen molar-refractivity contribution in [1.29, 1.82) is 0 Å². The van der Waals surface area contributed by atoms with E-state index >= 15 is 0 Å². The highest BCUT2D eigenvalue weighted by atomic mass is 16.3. The van der Waals surface area contributed by atoms with Gasteiger partial charge in [-0.05, 0) is 6.07 Å². The van der Waals surface area contributed by atoms with Gasteiger partial charge in [-0.3, -0.25) is 4.68 Å². The van der Waals surface area contributed by atoms with Crippen molar-refractivity contribution < 1.29 is 10.6 Å². The van der Waals surface area contributed by atoms with E-state index in [2.05, 4.69) is 5.10 Å². The highest BCUT2D eigenvalue weighted by Crippen LogP contribution is 1.80. The van der Waals surface area contributed by atoms with Gasteiger partial charge in [-0.1, -0.05) is 0 Å². The molecule has 0 saturated heterocycles. The molecule has 1 rings (SSSR count). The lowest BCUT2D eigenvalue weighted by molar-refractivity contribution is 0.269. The van der Waals surface area contributed by atoms with Gasteiger partial charge in [-0.25, -0.2) is 0 Å². The molecule has 0 aliphatic carbocycles. The fraction of sp³-hybridized carbons (Fsp3) is 0.400. The van der Waals surface area contributed by atoms with Crippen molar-refractivity contribution >= 4 is 0 Å². The van der Waals surface area contributed by atoms with Crippen molar-refractivity contribution in [1.82, 2.24) is 9.78 Å². The number of aryl methyl sites for hydroxylation is 1. The smallest absolute Gasteiger partial charge is 0.0640 e. The minimum Gasteiger partial charge on any atom is -0.394 e. The minimum atomic E-state index is -2.95. The summed E-state index contributed by atoms with van der Waals surface area (Å²) in [5.41, 5.74) is 0. The van der Waals surface area contributed by atoms with Crippen molar-refractivity contribution in [2.45, 2.75) is 6.50 Å². The number of aromatic nitrogens is 2. The molecule has 0 saturated carbocycles. The van der Waals surface area contributed by atoms with Crippen LogP contribution in [-0.4, -0.2) is 21.4 Å². The lowest BCUT2D eigenvalue weighted by Gasteiger charge is -1.92. The number of nitrogens with zero attached hydrogens (tertiary/aromatic N) is 2. The molecule has 1 N–H and O–H groups in total. The summed E-state index contributed by atoms with van der Waals surface area (Å²) in [4.78, 5) is 0. The Morgan fingerprint density at radius 2 is 2.75 bits per heavy atom. The molecule has 0 aromatic carbocycles. The molecule has 3 heteroatoms. The van der Waals surface area contributed by atoms with Gasteiger partial charge in [0.2, 0.25) is 0 Å². The van der Waals surface area contributed by atoms with Crippen molar-refractivity contribution in [3.63, 3.8) is 0 Å². The van der Waals surface area contributed by atoms with Gasteiger partial charge in [0.05, 0.1) is 18.5 Å². The zero-order chi connectivity index (χ0) is 9.41. The molecule has 1 aromatic heterocycles. The van der Waals surface area contributed by atoms with Gasteiger partial charge in [0.25, 0.3) is 0 Å². The second-order valence-electron chi connectivity index (χ2n) is 1.17. The van der Waals surface area contributed by atoms with Gasteiger partial charge in [-0.15, -0.1) is 0 Å². The Morgan fingerprint density at radius 1 is 1.88 bits per heavy atom. The van der Waals surface area contributed by atoms with E-state index in [-0.39, 0.29) is 0 Å². The van der Waals surface area contributed by atoms with Crippen molar-refractivity contribution in [3.8, 4) is 0 Å². The second-order valence-corrected chi connectivity index (χ2v) is 1.17. The lowest BCUT2D eigenvalue weighted by Crippen LogP contribution is -2.01. The van der Waals surface area contributed by atoms with Crippen LogP contribution in [0.3, 0.4) is 0 Å². The van der Waals surface area contributed by atoms with Crippen LogP contribution in [0.4, 0.5) is 0 Å². The molecule has 0 bridgehead atoms. The Morgan fingerprint density at radius 3 is 3.25 bits per heavy atom. The average molecular weight is 116 g/mol. The zero-order valence-electron chi connectivity index (χ0n) is 8.07. The molecule has 0 unspecified atom stereocenters. The fourth-order valence-electron chi connectivity index (χ4n) is 0.386. The van der Waals surface area contributed by atoms with Crippen LogP contribution in [-0.2, 0) is 6.50 Å². The maximum absolute atomic E-state index is 8.81. The standard InChI is InChI=1S/C5H8N2O/c8-5-4-7-3-1-2-6-7/h1-3,8H,4-5H2/i4D2,5D2. The first-order valence-electron chi connectivity index (χ1n) is 4.08. The first-order valence-corrected chi connectivity index (χ1v) is 2.08. The van der Waals surface area contributed by atoms with Gasteiger partial charge in [0.15, 0.2) is 0 Å². The van der Waals surface area contributed by atoms with Crippen LogP contribution < -0.4 is 0 Å². The highest BCUT2D eigenvalue weighted by molar-refractivity contribution is 4.77. The first kappa shape index (κ1) is 2.19. The molecular weight excluding hydrogens is 104 g/mol. The van der Waals surface area contributed by atoms with E-state index in [0.717, 1.165) is 4.68 Å². The summed E-state index contributed by atoms with van der Waals surface area (Å²) in [5, 5.41) is 12.3. The summed E-state index contributed by atoms with van der Waals surface area (Å²) >= 11 is 0. The van der Waals surface area contributed by atoms with Crippen LogP contribution in [0.15, 0.2) is 18.5 Å². The number of hydrogen-bond acceptors (Lipinski definition) is 2. The third kappa shape index (κ3) is 1.07. The average Bonchev–Trinajstić information content (AvgIpc) is 2.34. The van der Waals surface area contributed by atoms with E-state index in [9.17, 15) is 0 Å². The molecule has 0 spiro atoms. The molecule has 1 aromatic rings. The topological polar surface area (TPSA) is 38.0 Å². The minimum absolute atomic E-state index is 0.729. The second kappa shape index (κ2) is 2.47. The molecule has 0 fully saturated rings. The van der Waals surface area contributed by atoms with Gasteiger partial charge in [0.1, 0.15) is 0 Å². The summed E-state index contributed by atoms with van der Waals surface area (Å²) in [6.45, 7) is -5.49. The first-order chi connectivity index (χ1) is 5.36. The molecule has 0 aliphatic rings. The van der Waals surface area contributed by atoms with Gasteiger partial charge < -0.3 is 5.11 Å². The molecule has 0 radical (unpaired) electrons. The van der Waals surface area contributed by atoms with E-state index in [0.29, 0.717) is 0 Å². The highest BCUT2D eigenvalue weighted by Gasteiger charge is 1.83. The molecule has 0 aliphatic heterocycles. The zero-order valence-corrected chi connectivity index (χ0v) is 4.07. The molecule has 44 valence electrons. The predicted octanol–water partition coefficient (Wildman–Crippen LogP) is -0.125. The number of aliphatic hydroxyl groups is 1. The predicted molar refractivity (Wildman–Crippen MR) is 29.3 cm³/mol. The molecule has 0 atom stereocenters. The van der Waals surface area contributed by atoms with Crippen LogP contribution in [0.25, 0.3) is 0 Å². The van der Waals surface area contributed by atoms with E-state index in [1.165, 1.54) is 18.5 Å². The Bertz CT molecular complexity index is 253. The SMILES string of the molecule is [2H]C([2H])(O)C([2H])([2H])n1cccn1. The molecule has 8 heavy (non-hydrogen) atoms. The van der Waals surface area contributed by atoms with Crippen molar-refractivity contribution in [2.24, 2.45) is 0 Å². The molecule has 1 heterocycles. The fourth-order valence-corrected chi connectivity index (χ4v) is 0.386. The number of hydrogen-bond donors (Lipinski definition) is 1. The summed E-state index contributed by atoms with van der Waals surface area (Å²) in [6, 6.07) is 1.45. The third-order valence-electron chi connectivity index (χ3n) is 0.669. The van der Waals surface area contributed by atoms with Crippen LogP contribution in [0.5, 0.6) is 0 Å². The molecule has 0 amide bonds. The Balaban J connectivity index is 3.02. The quantitative estimate of drug-likeness (QED) is 0.584. The Labute approximate surface area is 53.2 Å². The van der Waals surface area contributed by atoms with Gasteiger partial charge in [-0.2, -0.15) is 5.10 Å². The van der Waals surface area contributed by atoms with Crippen molar-refractivity contribution in [3.05, 3.63) is 18.5 Å². The van der Waals surface area contributed by atoms with Crippen LogP contribution in [0, 0.1) is 0 Å². The Kier molecular flexibility index (Phi) is 0.676. The summed E-state index contributed by atoms with van der Waals surface area (Å²) < 4.78 is 28.7. The van der Waals surface area contributed by atoms with E-state index < -0.39 is 13.1 Å². The lowest BCUT2D eigenvalue weighted by atomic mass is 10.7. The maximum Gasteiger partial charge on any atom is 0.0640 e. The molecular formula is C5H8N2O. The van der Waals surface area contributed by atoms with E-state index in [4.69, 9.17) is 10.6 Å². The largest absolute Gasteiger partial charge is 0.394 e. The monoisotopic (exact) mass is 116 g/mol. The van der Waals surface area contributed by atoms with Gasteiger partial charge >= 0.3 is 0 Å². The summed E-state index contributed by atoms with van der Waals surface area (Å²) in [7, 11) is 0. The van der Waals surface area contributed by atoms with Crippen molar-refractivity contribution in [2.75, 3.05) is 6.56 Å². The third-order valence-corrected chi connectivity index (χ3v) is 0.669. The van der Waals surface area contributed by atoms with E-state index in [1.807, 2.05) is 0 Å². The van der Waals surface area contributed by atoms with Crippen LogP contribution >= 0.6 is 0 Å². The van der Waals surface area contributed by atoms with E-state index in [1.54, 1.807) is 0 Å². The molecule has 3 nitrogen and oxygen atoms in total. The normalized spacial score (nSPS) is 20.6. The summed E-state index contributed by atoms with van der Waals surface area (Å²) in [5.74, 6) is 0. The van der Waals surface area contributed by atoms with Gasteiger partial charge in [0, 0.05) is 12.4 Å². The number of rotatable bonds is 2. The van der Waals surface area contributed by atoms with Crippen LogP contribution in [0.2, 0.25) is 0 Å².